The predicted octanol–water partition coefficient (Wildman–Crippen LogP) is 2.07. The number of nitrogen functional groups attached to an aromatic ring is 1. The summed E-state index contributed by atoms with van der Waals surface area (Å²) in [6.45, 7) is 4.55. The summed E-state index contributed by atoms with van der Waals surface area (Å²) in [7, 11) is -3.86. The van der Waals surface area contributed by atoms with Crippen LogP contribution in [0.1, 0.15) is 28.8 Å². The van der Waals surface area contributed by atoms with Crippen molar-refractivity contribution in [3.8, 4) is 0 Å². The van der Waals surface area contributed by atoms with Gasteiger partial charge in [-0.25, -0.2) is 17.5 Å². The van der Waals surface area contributed by atoms with E-state index in [2.05, 4.69) is 14.9 Å². The first-order valence-corrected chi connectivity index (χ1v) is 11.7. The summed E-state index contributed by atoms with van der Waals surface area (Å²) in [6, 6.07) is 4.46. The number of aryl methyl sites for hydroxylation is 2. The number of nitrogens with two attached hydrogens (primary N) is 1. The van der Waals surface area contributed by atoms with Crippen LogP contribution in [-0.2, 0) is 10.0 Å². The number of thiophene rings is 1. The Morgan fingerprint density at radius 2 is 2.13 bits per heavy atom. The fraction of sp³-hybridized carbons (Fsp3) is 0.368. The lowest BCUT2D eigenvalue weighted by molar-refractivity contribution is 0.0214. The molecule has 160 valence electrons. The van der Waals surface area contributed by atoms with E-state index in [9.17, 15) is 17.9 Å². The minimum atomic E-state index is -3.86. The average Bonchev–Trinajstić information content (AvgIpc) is 3.29. The van der Waals surface area contributed by atoms with Crippen molar-refractivity contribution in [2.24, 2.45) is 0 Å². The Morgan fingerprint density at radius 3 is 2.87 bits per heavy atom. The number of hydrogen-bond acceptors (Lipinski definition) is 8. The molecule has 0 bridgehead atoms. The van der Waals surface area contributed by atoms with Crippen LogP contribution >= 0.6 is 11.3 Å². The highest BCUT2D eigenvalue weighted by atomic mass is 32.2. The summed E-state index contributed by atoms with van der Waals surface area (Å²) in [6.07, 6.45) is -0.471. The molecule has 1 saturated heterocycles. The van der Waals surface area contributed by atoms with Crippen LogP contribution < -0.4 is 10.5 Å². The molecule has 3 aromatic rings. The van der Waals surface area contributed by atoms with Gasteiger partial charge in [-0.3, -0.25) is 4.90 Å². The van der Waals surface area contributed by atoms with Crippen LogP contribution in [0.3, 0.4) is 0 Å². The second-order valence-corrected chi connectivity index (χ2v) is 10.1. The highest BCUT2D eigenvalue weighted by Crippen LogP contribution is 2.40. The number of aliphatic hydroxyl groups excluding tert-OH is 1. The van der Waals surface area contributed by atoms with Crippen LogP contribution in [0, 0.1) is 19.7 Å². The number of halogens is 1. The predicted molar refractivity (Wildman–Crippen MR) is 113 cm³/mol. The number of nitrogens with zero attached hydrogens (tertiary/aromatic N) is 3. The summed E-state index contributed by atoms with van der Waals surface area (Å²) in [4.78, 5) is 2.86. The Balaban J connectivity index is 1.51. The van der Waals surface area contributed by atoms with Crippen molar-refractivity contribution in [1.82, 2.24) is 19.8 Å². The third kappa shape index (κ3) is 3.79. The molecule has 0 aliphatic carbocycles. The number of benzene rings is 1. The van der Waals surface area contributed by atoms with Gasteiger partial charge in [0.1, 0.15) is 16.9 Å². The molecule has 0 spiro atoms. The summed E-state index contributed by atoms with van der Waals surface area (Å²) in [5.74, 6) is -0.616. The molecule has 0 amide bonds. The van der Waals surface area contributed by atoms with Gasteiger partial charge in [-0.05, 0) is 44.0 Å². The number of sulfonamides is 1. The zero-order valence-electron chi connectivity index (χ0n) is 16.5. The van der Waals surface area contributed by atoms with Gasteiger partial charge in [0.25, 0.3) is 0 Å². The largest absolute Gasteiger partial charge is 0.397 e. The molecule has 3 heterocycles. The van der Waals surface area contributed by atoms with E-state index in [4.69, 9.17) is 5.73 Å². The molecule has 1 aliphatic heterocycles. The third-order valence-electron chi connectivity index (χ3n) is 5.39. The van der Waals surface area contributed by atoms with Crippen molar-refractivity contribution < 1.29 is 17.9 Å². The minimum absolute atomic E-state index is 0.125. The van der Waals surface area contributed by atoms with Crippen molar-refractivity contribution >= 4 is 37.3 Å². The van der Waals surface area contributed by atoms with Crippen LogP contribution in [0.5, 0.6) is 0 Å². The minimum Gasteiger partial charge on any atom is -0.397 e. The van der Waals surface area contributed by atoms with E-state index in [1.807, 2.05) is 13.8 Å². The van der Waals surface area contributed by atoms with Crippen LogP contribution in [0.15, 0.2) is 29.2 Å². The molecule has 4 N–H and O–H groups in total. The molecule has 1 aromatic carbocycles. The zero-order chi connectivity index (χ0) is 21.6. The van der Waals surface area contributed by atoms with Crippen molar-refractivity contribution in [3.05, 3.63) is 46.2 Å². The summed E-state index contributed by atoms with van der Waals surface area (Å²) >= 11 is 1.28. The molecule has 0 radical (unpaired) electrons. The Hall–Kier alpha value is -2.18. The molecule has 4 rings (SSSR count). The maximum Gasteiger partial charge on any atom is 0.240 e. The molecule has 8 nitrogen and oxygen atoms in total. The Bertz CT molecular complexity index is 1210. The van der Waals surface area contributed by atoms with Gasteiger partial charge in [0.05, 0.1) is 21.2 Å². The van der Waals surface area contributed by atoms with E-state index in [1.54, 1.807) is 4.90 Å². The van der Waals surface area contributed by atoms with Gasteiger partial charge in [0.15, 0.2) is 0 Å². The quantitative estimate of drug-likeness (QED) is 0.543. The lowest BCUT2D eigenvalue weighted by atomic mass is 10.1. The standard InChI is InChI=1S/C19H22FN5O3S2/c1-10-11(2)22-23-18-15(10)16(21)17(29-18)19(26)25-7-6-13(9-25)24-30(27,28)14-5-3-4-12(20)8-14/h3-5,8,13,19,24,26H,6-7,9,21H2,1-2H3. The molecule has 2 unspecified atom stereocenters. The van der Waals surface area contributed by atoms with Gasteiger partial charge in [-0.15, -0.1) is 16.4 Å². The van der Waals surface area contributed by atoms with Crippen LogP contribution in [0.2, 0.25) is 0 Å². The first kappa shape index (κ1) is 21.1. The number of hydrogen-bond donors (Lipinski definition) is 3. The number of anilines is 1. The van der Waals surface area contributed by atoms with Crippen molar-refractivity contribution in [1.29, 1.82) is 0 Å². The van der Waals surface area contributed by atoms with Gasteiger partial charge in [-0.2, -0.15) is 5.10 Å². The van der Waals surface area contributed by atoms with Crippen molar-refractivity contribution in [2.45, 2.75) is 37.4 Å². The highest BCUT2D eigenvalue weighted by Gasteiger charge is 2.33. The lowest BCUT2D eigenvalue weighted by Gasteiger charge is -2.22. The fourth-order valence-electron chi connectivity index (χ4n) is 3.64. The number of nitrogens with one attached hydrogen (secondary N) is 1. The van der Waals surface area contributed by atoms with E-state index in [-0.39, 0.29) is 4.90 Å². The van der Waals surface area contributed by atoms with E-state index < -0.39 is 28.1 Å². The van der Waals surface area contributed by atoms with Crippen LogP contribution in [-0.4, -0.2) is 47.8 Å². The van der Waals surface area contributed by atoms with Gasteiger partial charge in [0.2, 0.25) is 10.0 Å². The Labute approximate surface area is 177 Å². The lowest BCUT2D eigenvalue weighted by Crippen LogP contribution is -2.37. The van der Waals surface area contributed by atoms with E-state index in [1.165, 1.54) is 29.5 Å². The zero-order valence-corrected chi connectivity index (χ0v) is 18.1. The monoisotopic (exact) mass is 451 g/mol. The van der Waals surface area contributed by atoms with Crippen LogP contribution in [0.25, 0.3) is 10.2 Å². The normalized spacial score (nSPS) is 18.9. The molecule has 1 aliphatic rings. The molecule has 2 aromatic heterocycles. The summed E-state index contributed by atoms with van der Waals surface area (Å²) < 4.78 is 41.1. The van der Waals surface area contributed by atoms with E-state index >= 15 is 0 Å². The smallest absolute Gasteiger partial charge is 0.240 e. The number of aromatic nitrogens is 2. The first-order chi connectivity index (χ1) is 14.2. The Kier molecular flexibility index (Phi) is 5.49. The molecule has 0 saturated carbocycles. The molecular weight excluding hydrogens is 429 g/mol. The van der Waals surface area contributed by atoms with Crippen molar-refractivity contribution in [2.75, 3.05) is 18.8 Å². The first-order valence-electron chi connectivity index (χ1n) is 9.39. The Morgan fingerprint density at radius 1 is 1.37 bits per heavy atom. The number of rotatable bonds is 5. The second-order valence-electron chi connectivity index (χ2n) is 7.40. The van der Waals surface area contributed by atoms with Gasteiger partial charge in [-0.1, -0.05) is 6.07 Å². The van der Waals surface area contributed by atoms with Gasteiger partial charge >= 0.3 is 0 Å². The summed E-state index contributed by atoms with van der Waals surface area (Å²) in [5, 5.41) is 20.0. The van der Waals surface area contributed by atoms with E-state index in [0.29, 0.717) is 34.9 Å². The van der Waals surface area contributed by atoms with Crippen LogP contribution in [0.4, 0.5) is 10.1 Å². The number of aliphatic hydroxyl groups is 1. The number of fused-ring (bicyclic) bond motifs is 1. The van der Waals surface area contributed by atoms with Crippen molar-refractivity contribution in [3.63, 3.8) is 0 Å². The highest BCUT2D eigenvalue weighted by molar-refractivity contribution is 7.89. The topological polar surface area (TPSA) is 121 Å². The van der Waals surface area contributed by atoms with Gasteiger partial charge < -0.3 is 10.8 Å². The van der Waals surface area contributed by atoms with E-state index in [0.717, 1.165) is 22.7 Å². The maximum absolute atomic E-state index is 13.4. The van der Waals surface area contributed by atoms with Gasteiger partial charge in [0, 0.05) is 24.5 Å². The average molecular weight is 452 g/mol. The molecule has 1 fully saturated rings. The number of likely N-dealkylation sites (tertiary alicyclic amines) is 1. The maximum atomic E-state index is 13.4. The SMILES string of the molecule is Cc1nnc2sc(C(O)N3CCC(NS(=O)(=O)c4cccc(F)c4)C3)c(N)c2c1C. The molecular formula is C19H22FN5O3S2. The summed E-state index contributed by atoms with van der Waals surface area (Å²) in [5.41, 5.74) is 8.49. The third-order valence-corrected chi connectivity index (χ3v) is 8.04. The second kappa shape index (κ2) is 7.82. The molecule has 2 atom stereocenters. The molecule has 11 heteroatoms. The molecule has 30 heavy (non-hydrogen) atoms. The fourth-order valence-corrected chi connectivity index (χ4v) is 6.06.